The summed E-state index contributed by atoms with van der Waals surface area (Å²) < 4.78 is 5.62. The number of nitrogens with zero attached hydrogens (tertiary/aromatic N) is 3. The van der Waals surface area contributed by atoms with Gasteiger partial charge in [0.25, 0.3) is 0 Å². The molecule has 1 aromatic heterocycles. The zero-order valence-electron chi connectivity index (χ0n) is 16.5. The van der Waals surface area contributed by atoms with E-state index in [1.165, 1.54) is 0 Å². The van der Waals surface area contributed by atoms with Gasteiger partial charge >= 0.3 is 6.09 Å². The Morgan fingerprint density at radius 3 is 2.35 bits per heavy atom. The number of rotatable bonds is 2. The first-order valence-corrected chi connectivity index (χ1v) is 9.47. The van der Waals surface area contributed by atoms with Crippen LogP contribution in [0.4, 0.5) is 10.6 Å². The number of carbonyl (C=O) groups is 1. The van der Waals surface area contributed by atoms with E-state index in [1.54, 1.807) is 6.20 Å². The van der Waals surface area contributed by atoms with Crippen molar-refractivity contribution in [2.75, 3.05) is 19.0 Å². The first kappa shape index (κ1) is 19.0. The second-order valence-corrected chi connectivity index (χ2v) is 8.87. The largest absolute Gasteiger partial charge is 0.444 e. The van der Waals surface area contributed by atoms with E-state index in [4.69, 9.17) is 4.74 Å². The molecule has 2 unspecified atom stereocenters. The number of hydrogen-bond acceptors (Lipinski definition) is 5. The molecule has 1 aromatic rings. The van der Waals surface area contributed by atoms with Crippen molar-refractivity contribution < 1.29 is 14.6 Å². The molecule has 0 aliphatic carbocycles. The van der Waals surface area contributed by atoms with E-state index in [0.29, 0.717) is 12.8 Å². The number of pyridine rings is 1. The Bertz CT molecular complexity index is 637. The standard InChI is InChI=1S/C20H31N3O3/c1-19(2,3)26-18(24)23-15-7-6-8-16(23)12-20(25,11-15)14-9-10-17(21-13-14)22(4)5/h9-10,13,15-16,25H,6-8,11-12H2,1-5H3. The number of anilines is 1. The van der Waals surface area contributed by atoms with Gasteiger partial charge in [-0.3, -0.25) is 0 Å². The average Bonchev–Trinajstić information content (AvgIpc) is 2.52. The minimum absolute atomic E-state index is 0.0101. The molecule has 144 valence electrons. The molecule has 1 amide bonds. The van der Waals surface area contributed by atoms with Crippen LogP contribution in [0.5, 0.6) is 0 Å². The number of carbonyl (C=O) groups excluding carboxylic acids is 1. The molecule has 0 aromatic carbocycles. The van der Waals surface area contributed by atoms with Crippen molar-refractivity contribution in [1.82, 2.24) is 9.88 Å². The van der Waals surface area contributed by atoms with Gasteiger partial charge in [0.2, 0.25) is 0 Å². The first-order valence-electron chi connectivity index (χ1n) is 9.47. The van der Waals surface area contributed by atoms with Crippen LogP contribution in [-0.4, -0.2) is 52.9 Å². The van der Waals surface area contributed by atoms with Crippen LogP contribution in [0.1, 0.15) is 58.4 Å². The molecule has 0 spiro atoms. The number of fused-ring (bicyclic) bond motifs is 2. The van der Waals surface area contributed by atoms with Crippen molar-refractivity contribution in [3.05, 3.63) is 23.9 Å². The Kier molecular flexibility index (Phi) is 4.90. The summed E-state index contributed by atoms with van der Waals surface area (Å²) in [7, 11) is 3.89. The van der Waals surface area contributed by atoms with Gasteiger partial charge in [-0.15, -0.1) is 0 Å². The van der Waals surface area contributed by atoms with E-state index in [1.807, 2.05) is 56.8 Å². The summed E-state index contributed by atoms with van der Waals surface area (Å²) in [6.07, 6.45) is 5.48. The number of amides is 1. The highest BCUT2D eigenvalue weighted by atomic mass is 16.6. The smallest absolute Gasteiger partial charge is 0.410 e. The van der Waals surface area contributed by atoms with Gasteiger partial charge in [0, 0.05) is 50.8 Å². The fourth-order valence-electron chi connectivity index (χ4n) is 4.20. The molecular formula is C20H31N3O3. The normalized spacial score (nSPS) is 28.6. The monoisotopic (exact) mass is 361 g/mol. The van der Waals surface area contributed by atoms with E-state index < -0.39 is 11.2 Å². The third-order valence-corrected chi connectivity index (χ3v) is 5.36. The van der Waals surface area contributed by atoms with Crippen molar-refractivity contribution in [1.29, 1.82) is 0 Å². The molecule has 2 atom stereocenters. The zero-order valence-corrected chi connectivity index (χ0v) is 16.5. The Labute approximate surface area is 156 Å². The lowest BCUT2D eigenvalue weighted by Gasteiger charge is -2.51. The predicted octanol–water partition coefficient (Wildman–Crippen LogP) is 3.29. The fraction of sp³-hybridized carbons (Fsp3) is 0.700. The highest BCUT2D eigenvalue weighted by Gasteiger charge is 2.49. The molecule has 6 heteroatoms. The third kappa shape index (κ3) is 3.80. The van der Waals surface area contributed by atoms with E-state index in [2.05, 4.69) is 4.98 Å². The first-order chi connectivity index (χ1) is 12.1. The summed E-state index contributed by atoms with van der Waals surface area (Å²) in [5.74, 6) is 0.865. The quantitative estimate of drug-likeness (QED) is 0.876. The van der Waals surface area contributed by atoms with Crippen molar-refractivity contribution in [3.8, 4) is 0 Å². The second-order valence-electron chi connectivity index (χ2n) is 8.87. The van der Waals surface area contributed by atoms with Gasteiger partial charge in [0.15, 0.2) is 0 Å². The maximum Gasteiger partial charge on any atom is 0.410 e. The Balaban J connectivity index is 1.81. The van der Waals surface area contributed by atoms with Gasteiger partial charge in [-0.25, -0.2) is 9.78 Å². The highest BCUT2D eigenvalue weighted by molar-refractivity contribution is 5.69. The molecule has 2 aliphatic rings. The maximum absolute atomic E-state index is 12.7. The molecule has 26 heavy (non-hydrogen) atoms. The maximum atomic E-state index is 12.7. The van der Waals surface area contributed by atoms with E-state index in [-0.39, 0.29) is 18.2 Å². The van der Waals surface area contributed by atoms with Crippen LogP contribution < -0.4 is 4.90 Å². The van der Waals surface area contributed by atoms with Crippen LogP contribution in [0.2, 0.25) is 0 Å². The minimum atomic E-state index is -0.938. The highest BCUT2D eigenvalue weighted by Crippen LogP contribution is 2.44. The van der Waals surface area contributed by atoms with Gasteiger partial charge in [0.1, 0.15) is 11.4 Å². The van der Waals surface area contributed by atoms with Crippen LogP contribution in [-0.2, 0) is 10.3 Å². The number of ether oxygens (including phenoxy) is 1. The Morgan fingerprint density at radius 1 is 1.27 bits per heavy atom. The SMILES string of the molecule is CN(C)c1ccc(C2(O)CC3CCCC(C2)N3C(=O)OC(C)(C)C)cn1. The molecule has 2 bridgehead atoms. The molecule has 1 N–H and O–H groups in total. The minimum Gasteiger partial charge on any atom is -0.444 e. The summed E-state index contributed by atoms with van der Waals surface area (Å²) in [6.45, 7) is 5.66. The summed E-state index contributed by atoms with van der Waals surface area (Å²) in [4.78, 5) is 21.0. The third-order valence-electron chi connectivity index (χ3n) is 5.36. The average molecular weight is 361 g/mol. The summed E-state index contributed by atoms with van der Waals surface area (Å²) in [6, 6.07) is 3.91. The van der Waals surface area contributed by atoms with E-state index in [0.717, 1.165) is 30.6 Å². The van der Waals surface area contributed by atoms with Crippen LogP contribution in [0, 0.1) is 0 Å². The van der Waals surface area contributed by atoms with Crippen LogP contribution in [0.25, 0.3) is 0 Å². The molecule has 2 saturated heterocycles. The summed E-state index contributed by atoms with van der Waals surface area (Å²) in [5, 5.41) is 11.4. The Hall–Kier alpha value is -1.82. The lowest BCUT2D eigenvalue weighted by Crippen LogP contribution is -2.59. The number of aromatic nitrogens is 1. The molecule has 3 heterocycles. The van der Waals surface area contributed by atoms with Gasteiger partial charge in [-0.2, -0.15) is 0 Å². The van der Waals surface area contributed by atoms with Gasteiger partial charge in [0.05, 0.1) is 5.60 Å². The predicted molar refractivity (Wildman–Crippen MR) is 101 cm³/mol. The van der Waals surface area contributed by atoms with Crippen molar-refractivity contribution in [2.24, 2.45) is 0 Å². The summed E-state index contributed by atoms with van der Waals surface area (Å²) in [5.41, 5.74) is -0.610. The second kappa shape index (κ2) is 6.72. The van der Waals surface area contributed by atoms with Crippen LogP contribution in [0.3, 0.4) is 0 Å². The molecule has 2 fully saturated rings. The molecule has 3 rings (SSSR count). The van der Waals surface area contributed by atoms with Gasteiger partial charge in [-0.1, -0.05) is 6.07 Å². The molecule has 6 nitrogen and oxygen atoms in total. The van der Waals surface area contributed by atoms with Crippen LogP contribution >= 0.6 is 0 Å². The van der Waals surface area contributed by atoms with Crippen molar-refractivity contribution >= 4 is 11.9 Å². The topological polar surface area (TPSA) is 65.9 Å². The Morgan fingerprint density at radius 2 is 1.88 bits per heavy atom. The lowest BCUT2D eigenvalue weighted by molar-refractivity contribution is -0.0966. The number of piperidine rings is 2. The molecule has 2 aliphatic heterocycles. The number of aliphatic hydroxyl groups is 1. The van der Waals surface area contributed by atoms with Gasteiger partial charge < -0.3 is 19.6 Å². The van der Waals surface area contributed by atoms with Crippen molar-refractivity contribution in [3.63, 3.8) is 0 Å². The van der Waals surface area contributed by atoms with E-state index >= 15 is 0 Å². The lowest BCUT2D eigenvalue weighted by atomic mass is 9.73. The van der Waals surface area contributed by atoms with Gasteiger partial charge in [-0.05, 0) is 46.1 Å². The molecular weight excluding hydrogens is 330 g/mol. The molecule has 0 radical (unpaired) electrons. The fourth-order valence-corrected chi connectivity index (χ4v) is 4.20. The number of hydrogen-bond donors (Lipinski definition) is 1. The molecule has 0 saturated carbocycles. The zero-order chi connectivity index (χ0) is 19.1. The van der Waals surface area contributed by atoms with Crippen LogP contribution in [0.15, 0.2) is 18.3 Å². The summed E-state index contributed by atoms with van der Waals surface area (Å²) >= 11 is 0. The van der Waals surface area contributed by atoms with Crippen molar-refractivity contribution in [2.45, 2.75) is 76.2 Å². The van der Waals surface area contributed by atoms with E-state index in [9.17, 15) is 9.90 Å².